The van der Waals surface area contributed by atoms with Gasteiger partial charge in [-0.2, -0.15) is 0 Å². The Hall–Kier alpha value is -0.260. The zero-order valence-electron chi connectivity index (χ0n) is 8.27. The average molecular weight is 154 g/mol. The first-order chi connectivity index (χ1) is 5.31. The van der Waals surface area contributed by atoms with Crippen LogP contribution in [0.25, 0.3) is 0 Å². The smallest absolute Gasteiger partial charge is 0.0351 e. The number of rotatable bonds is 6. The third-order valence-electron chi connectivity index (χ3n) is 2.17. The van der Waals surface area contributed by atoms with Crippen LogP contribution >= 0.6 is 0 Å². The van der Waals surface area contributed by atoms with E-state index in [1.165, 1.54) is 32.1 Å². The highest BCUT2D eigenvalue weighted by Gasteiger charge is 1.95. The maximum Gasteiger partial charge on any atom is -0.0351 e. The van der Waals surface area contributed by atoms with Crippen molar-refractivity contribution in [3.63, 3.8) is 0 Å². The lowest BCUT2D eigenvalue weighted by atomic mass is 10.0. The van der Waals surface area contributed by atoms with Gasteiger partial charge in [0.25, 0.3) is 0 Å². The molecule has 0 saturated heterocycles. The molecule has 0 radical (unpaired) electrons. The van der Waals surface area contributed by atoms with E-state index in [2.05, 4.69) is 32.9 Å². The lowest BCUT2D eigenvalue weighted by Gasteiger charge is -2.05. The van der Waals surface area contributed by atoms with Crippen LogP contribution in [0, 0.1) is 5.92 Å². The Balaban J connectivity index is 3.07. The molecule has 0 aliphatic heterocycles. The average Bonchev–Trinajstić information content (AvgIpc) is 2.04. The molecule has 11 heavy (non-hydrogen) atoms. The van der Waals surface area contributed by atoms with Gasteiger partial charge in [0.05, 0.1) is 0 Å². The summed E-state index contributed by atoms with van der Waals surface area (Å²) in [7, 11) is 0. The first-order valence-corrected chi connectivity index (χ1v) is 4.96. The van der Waals surface area contributed by atoms with Crippen LogP contribution in [0.15, 0.2) is 12.2 Å². The predicted molar refractivity (Wildman–Crippen MR) is 52.7 cm³/mol. The van der Waals surface area contributed by atoms with E-state index in [0.29, 0.717) is 0 Å². The molecule has 0 saturated carbocycles. The van der Waals surface area contributed by atoms with Gasteiger partial charge >= 0.3 is 0 Å². The van der Waals surface area contributed by atoms with Crippen molar-refractivity contribution in [3.8, 4) is 0 Å². The van der Waals surface area contributed by atoms with Crippen LogP contribution in [0.5, 0.6) is 0 Å². The van der Waals surface area contributed by atoms with Crippen molar-refractivity contribution in [3.05, 3.63) is 12.2 Å². The molecule has 0 aromatic rings. The topological polar surface area (TPSA) is 0 Å². The minimum absolute atomic E-state index is 0.921. The number of unbranched alkanes of at least 4 members (excludes halogenated alkanes) is 1. The third-order valence-corrected chi connectivity index (χ3v) is 2.17. The molecule has 0 aromatic carbocycles. The van der Waals surface area contributed by atoms with Crippen LogP contribution in [-0.2, 0) is 0 Å². The largest absolute Gasteiger partial charge is 0.0888 e. The summed E-state index contributed by atoms with van der Waals surface area (Å²) in [4.78, 5) is 0. The van der Waals surface area contributed by atoms with E-state index in [-0.39, 0.29) is 0 Å². The fourth-order valence-corrected chi connectivity index (χ4v) is 1.07. The zero-order valence-corrected chi connectivity index (χ0v) is 8.27. The quantitative estimate of drug-likeness (QED) is 0.398. The Morgan fingerprint density at radius 1 is 1.18 bits per heavy atom. The van der Waals surface area contributed by atoms with Gasteiger partial charge in [-0.3, -0.25) is 0 Å². The minimum atomic E-state index is 0.921. The Kier molecular flexibility index (Phi) is 7.66. The monoisotopic (exact) mass is 154 g/mol. The van der Waals surface area contributed by atoms with E-state index in [0.717, 1.165) is 5.92 Å². The summed E-state index contributed by atoms with van der Waals surface area (Å²) < 4.78 is 0. The molecule has 0 heteroatoms. The van der Waals surface area contributed by atoms with Gasteiger partial charge in [0.2, 0.25) is 0 Å². The fraction of sp³-hybridized carbons (Fsp3) is 0.818. The first kappa shape index (κ1) is 10.7. The molecule has 0 aromatic heterocycles. The molecule has 0 rings (SSSR count). The summed E-state index contributed by atoms with van der Waals surface area (Å²) in [6.07, 6.45) is 11.1. The summed E-state index contributed by atoms with van der Waals surface area (Å²) in [6.45, 7) is 6.79. The van der Waals surface area contributed by atoms with Gasteiger partial charge in [0, 0.05) is 0 Å². The van der Waals surface area contributed by atoms with E-state index >= 15 is 0 Å². The summed E-state index contributed by atoms with van der Waals surface area (Å²) in [5.74, 6) is 0.921. The van der Waals surface area contributed by atoms with Gasteiger partial charge in [-0.1, -0.05) is 45.8 Å². The second kappa shape index (κ2) is 7.84. The summed E-state index contributed by atoms with van der Waals surface area (Å²) in [6, 6.07) is 0. The number of hydrogen-bond donors (Lipinski definition) is 0. The molecule has 1 atom stereocenters. The Bertz CT molecular complexity index is 92.2. The minimum Gasteiger partial charge on any atom is -0.0888 e. The molecule has 1 unspecified atom stereocenters. The second-order valence-electron chi connectivity index (χ2n) is 3.32. The number of hydrogen-bond acceptors (Lipinski definition) is 0. The van der Waals surface area contributed by atoms with Crippen LogP contribution < -0.4 is 0 Å². The highest BCUT2D eigenvalue weighted by Crippen LogP contribution is 2.10. The molecule has 0 spiro atoms. The van der Waals surface area contributed by atoms with Crippen LogP contribution in [0.2, 0.25) is 0 Å². The van der Waals surface area contributed by atoms with Crippen molar-refractivity contribution in [2.75, 3.05) is 0 Å². The van der Waals surface area contributed by atoms with Crippen LogP contribution in [0.3, 0.4) is 0 Å². The third kappa shape index (κ3) is 7.64. The van der Waals surface area contributed by atoms with Crippen molar-refractivity contribution in [2.45, 2.75) is 52.9 Å². The van der Waals surface area contributed by atoms with Crippen LogP contribution in [-0.4, -0.2) is 0 Å². The molecule has 0 amide bonds. The van der Waals surface area contributed by atoms with Crippen molar-refractivity contribution < 1.29 is 0 Å². The van der Waals surface area contributed by atoms with E-state index in [1.807, 2.05) is 0 Å². The second-order valence-corrected chi connectivity index (χ2v) is 3.32. The van der Waals surface area contributed by atoms with Crippen LogP contribution in [0.4, 0.5) is 0 Å². The summed E-state index contributed by atoms with van der Waals surface area (Å²) in [5, 5.41) is 0. The fourth-order valence-electron chi connectivity index (χ4n) is 1.07. The van der Waals surface area contributed by atoms with E-state index in [4.69, 9.17) is 0 Å². The van der Waals surface area contributed by atoms with Crippen molar-refractivity contribution in [2.24, 2.45) is 5.92 Å². The van der Waals surface area contributed by atoms with Gasteiger partial charge in [-0.25, -0.2) is 0 Å². The van der Waals surface area contributed by atoms with Gasteiger partial charge in [0.15, 0.2) is 0 Å². The summed E-state index contributed by atoms with van der Waals surface area (Å²) in [5.41, 5.74) is 0. The number of allylic oxidation sites excluding steroid dienone is 2. The van der Waals surface area contributed by atoms with E-state index < -0.39 is 0 Å². The molecule has 66 valence electrons. The zero-order chi connectivity index (χ0) is 8.53. The first-order valence-electron chi connectivity index (χ1n) is 4.96. The molecule has 0 heterocycles. The van der Waals surface area contributed by atoms with Crippen LogP contribution in [0.1, 0.15) is 52.9 Å². The Morgan fingerprint density at radius 3 is 2.45 bits per heavy atom. The molecule has 0 bridgehead atoms. The summed E-state index contributed by atoms with van der Waals surface area (Å²) >= 11 is 0. The molecule has 0 N–H and O–H groups in total. The standard InChI is InChI=1S/C11H22/c1-4-6-7-8-9-10-11(3)5-2/h6-7,11H,4-5,8-10H2,1-3H3/b7-6+. The molecular formula is C11H22. The molecule has 0 aliphatic rings. The molecular weight excluding hydrogens is 132 g/mol. The van der Waals surface area contributed by atoms with Gasteiger partial charge in [-0.05, 0) is 25.2 Å². The van der Waals surface area contributed by atoms with Crippen molar-refractivity contribution in [1.82, 2.24) is 0 Å². The lowest BCUT2D eigenvalue weighted by Crippen LogP contribution is -1.90. The Morgan fingerprint density at radius 2 is 1.91 bits per heavy atom. The highest BCUT2D eigenvalue weighted by atomic mass is 14.0. The maximum atomic E-state index is 2.34. The lowest BCUT2D eigenvalue weighted by molar-refractivity contribution is 0.498. The highest BCUT2D eigenvalue weighted by molar-refractivity contribution is 4.79. The SMILES string of the molecule is CC/C=C/CCCC(C)CC. The molecule has 0 fully saturated rings. The van der Waals surface area contributed by atoms with Crippen molar-refractivity contribution in [1.29, 1.82) is 0 Å². The predicted octanol–water partition coefficient (Wildman–Crippen LogP) is 4.17. The van der Waals surface area contributed by atoms with E-state index in [9.17, 15) is 0 Å². The maximum absolute atomic E-state index is 2.34. The van der Waals surface area contributed by atoms with E-state index in [1.54, 1.807) is 0 Å². The Labute approximate surface area is 71.7 Å². The van der Waals surface area contributed by atoms with Gasteiger partial charge < -0.3 is 0 Å². The molecule has 0 nitrogen and oxygen atoms in total. The van der Waals surface area contributed by atoms with Gasteiger partial charge in [-0.15, -0.1) is 0 Å². The van der Waals surface area contributed by atoms with Crippen molar-refractivity contribution >= 4 is 0 Å². The normalized spacial score (nSPS) is 14.1. The van der Waals surface area contributed by atoms with Gasteiger partial charge in [0.1, 0.15) is 0 Å². The molecule has 0 aliphatic carbocycles.